The van der Waals surface area contributed by atoms with Crippen molar-refractivity contribution < 1.29 is 13.2 Å². The first-order valence-corrected chi connectivity index (χ1v) is 6.57. The number of hydrogen-bond donors (Lipinski definition) is 1. The number of rotatable bonds is 9. The van der Waals surface area contributed by atoms with Gasteiger partial charge in [-0.3, -0.25) is 0 Å². The summed E-state index contributed by atoms with van der Waals surface area (Å²) in [4.78, 5) is 0. The minimum absolute atomic E-state index is 0.236. The van der Waals surface area contributed by atoms with Gasteiger partial charge in [-0.1, -0.05) is 6.92 Å². The van der Waals surface area contributed by atoms with Gasteiger partial charge in [0.05, 0.1) is 0 Å². The van der Waals surface area contributed by atoms with E-state index in [9.17, 15) is 13.2 Å². The molecule has 5 heteroatoms. The zero-order valence-corrected chi connectivity index (χ0v) is 10.0. The molecule has 0 aliphatic carbocycles. The average Bonchev–Trinajstić information content (AvgIpc) is 2.14. The Morgan fingerprint density at radius 3 is 2.33 bits per heavy atom. The van der Waals surface area contributed by atoms with Crippen molar-refractivity contribution in [3.8, 4) is 0 Å². The lowest BCUT2D eigenvalue weighted by Gasteiger charge is -2.06. The molecule has 0 rings (SSSR count). The first-order valence-electron chi connectivity index (χ1n) is 5.41. The van der Waals surface area contributed by atoms with E-state index in [2.05, 4.69) is 12.2 Å². The standard InChI is InChI=1S/C10H20F3NS/c1-2-15-9-5-8-14-7-4-3-6-10(11,12)13/h14H,2-9H2,1H3. The van der Waals surface area contributed by atoms with Crippen LogP contribution in [0.2, 0.25) is 0 Å². The summed E-state index contributed by atoms with van der Waals surface area (Å²) in [6, 6.07) is 0. The number of hydrogen-bond acceptors (Lipinski definition) is 2. The van der Waals surface area contributed by atoms with Crippen LogP contribution in [-0.2, 0) is 0 Å². The molecule has 0 aliphatic rings. The predicted octanol–water partition coefficient (Wildman–Crippen LogP) is 3.45. The molecule has 0 saturated heterocycles. The summed E-state index contributed by atoms with van der Waals surface area (Å²) in [6.07, 6.45) is -2.70. The normalized spacial score (nSPS) is 12.0. The fourth-order valence-electron chi connectivity index (χ4n) is 1.14. The SMILES string of the molecule is CCSCCCNCCCCC(F)(F)F. The van der Waals surface area contributed by atoms with Gasteiger partial charge in [0.15, 0.2) is 0 Å². The third-order valence-corrected chi connectivity index (χ3v) is 2.90. The van der Waals surface area contributed by atoms with Gasteiger partial charge in [-0.25, -0.2) is 0 Å². The maximum atomic E-state index is 11.7. The summed E-state index contributed by atoms with van der Waals surface area (Å²) < 4.78 is 35.2. The minimum Gasteiger partial charge on any atom is -0.317 e. The largest absolute Gasteiger partial charge is 0.389 e. The third-order valence-electron chi connectivity index (χ3n) is 1.91. The van der Waals surface area contributed by atoms with Gasteiger partial charge >= 0.3 is 6.18 Å². The summed E-state index contributed by atoms with van der Waals surface area (Å²) in [6.45, 7) is 3.74. The lowest BCUT2D eigenvalue weighted by Crippen LogP contribution is -2.18. The Labute approximate surface area is 94.2 Å². The smallest absolute Gasteiger partial charge is 0.317 e. The molecule has 0 aromatic rings. The fourth-order valence-corrected chi connectivity index (χ4v) is 1.78. The summed E-state index contributed by atoms with van der Waals surface area (Å²) in [5.74, 6) is 2.26. The topological polar surface area (TPSA) is 12.0 Å². The molecule has 1 N–H and O–H groups in total. The van der Waals surface area contributed by atoms with E-state index in [1.165, 1.54) is 0 Å². The maximum Gasteiger partial charge on any atom is 0.389 e. The van der Waals surface area contributed by atoms with E-state index in [0.717, 1.165) is 24.5 Å². The molecule has 0 aromatic carbocycles. The van der Waals surface area contributed by atoms with Crippen molar-refractivity contribution in [3.05, 3.63) is 0 Å². The van der Waals surface area contributed by atoms with Crippen LogP contribution in [0.1, 0.15) is 32.6 Å². The zero-order valence-electron chi connectivity index (χ0n) is 9.20. The third kappa shape index (κ3) is 14.1. The number of alkyl halides is 3. The van der Waals surface area contributed by atoms with Crippen molar-refractivity contribution in [2.45, 2.75) is 38.8 Å². The molecule has 0 aliphatic heterocycles. The van der Waals surface area contributed by atoms with Gasteiger partial charge in [-0.2, -0.15) is 24.9 Å². The first-order chi connectivity index (χ1) is 7.06. The van der Waals surface area contributed by atoms with E-state index < -0.39 is 12.6 Å². The Morgan fingerprint density at radius 2 is 1.73 bits per heavy atom. The van der Waals surface area contributed by atoms with E-state index in [1.54, 1.807) is 0 Å². The van der Waals surface area contributed by atoms with E-state index in [-0.39, 0.29) is 6.42 Å². The summed E-state index contributed by atoms with van der Waals surface area (Å²) in [5.41, 5.74) is 0. The molecule has 0 heterocycles. The minimum atomic E-state index is -3.99. The molecule has 0 fully saturated rings. The number of halogens is 3. The lowest BCUT2D eigenvalue weighted by molar-refractivity contribution is -0.135. The van der Waals surface area contributed by atoms with Crippen LogP contribution >= 0.6 is 11.8 Å². The van der Waals surface area contributed by atoms with Crippen molar-refractivity contribution in [1.82, 2.24) is 5.32 Å². The highest BCUT2D eigenvalue weighted by atomic mass is 32.2. The van der Waals surface area contributed by atoms with E-state index in [1.807, 2.05) is 11.8 Å². The van der Waals surface area contributed by atoms with Crippen LogP contribution in [0.25, 0.3) is 0 Å². The van der Waals surface area contributed by atoms with Crippen LogP contribution < -0.4 is 5.32 Å². The number of thioether (sulfide) groups is 1. The highest BCUT2D eigenvalue weighted by Crippen LogP contribution is 2.21. The highest BCUT2D eigenvalue weighted by molar-refractivity contribution is 7.99. The van der Waals surface area contributed by atoms with Crippen LogP contribution in [0, 0.1) is 0 Å². The molecule has 0 saturated carbocycles. The lowest BCUT2D eigenvalue weighted by atomic mass is 10.2. The fraction of sp³-hybridized carbons (Fsp3) is 1.00. The Bertz CT molecular complexity index is 139. The summed E-state index contributed by atoms with van der Waals surface area (Å²) in [5, 5.41) is 3.15. The van der Waals surface area contributed by atoms with Crippen LogP contribution in [0.15, 0.2) is 0 Å². The van der Waals surface area contributed by atoms with Gasteiger partial charge in [0, 0.05) is 6.42 Å². The maximum absolute atomic E-state index is 11.7. The molecule has 0 amide bonds. The average molecular weight is 243 g/mol. The molecule has 15 heavy (non-hydrogen) atoms. The summed E-state index contributed by atoms with van der Waals surface area (Å²) >= 11 is 1.89. The van der Waals surface area contributed by atoms with Gasteiger partial charge in [-0.15, -0.1) is 0 Å². The second kappa shape index (κ2) is 9.33. The summed E-state index contributed by atoms with van der Waals surface area (Å²) in [7, 11) is 0. The molecule has 92 valence electrons. The van der Waals surface area contributed by atoms with Gasteiger partial charge in [0.2, 0.25) is 0 Å². The molecule has 1 nitrogen and oxygen atoms in total. The van der Waals surface area contributed by atoms with Crippen molar-refractivity contribution in [2.24, 2.45) is 0 Å². The zero-order chi connectivity index (χ0) is 11.6. The molecule has 0 spiro atoms. The van der Waals surface area contributed by atoms with E-state index in [0.29, 0.717) is 13.0 Å². The molecule has 0 aromatic heterocycles. The van der Waals surface area contributed by atoms with Crippen molar-refractivity contribution in [2.75, 3.05) is 24.6 Å². The molecule has 0 bridgehead atoms. The monoisotopic (exact) mass is 243 g/mol. The van der Waals surface area contributed by atoms with E-state index >= 15 is 0 Å². The Hall–Kier alpha value is 0.100. The molecular weight excluding hydrogens is 223 g/mol. The molecule has 0 atom stereocenters. The quantitative estimate of drug-likeness (QED) is 0.622. The van der Waals surface area contributed by atoms with Gasteiger partial charge < -0.3 is 5.32 Å². The predicted molar refractivity (Wildman–Crippen MR) is 60.4 cm³/mol. The van der Waals surface area contributed by atoms with Crippen LogP contribution in [0.4, 0.5) is 13.2 Å². The van der Waals surface area contributed by atoms with Gasteiger partial charge in [0.1, 0.15) is 0 Å². The first kappa shape index (κ1) is 15.1. The Morgan fingerprint density at radius 1 is 1.07 bits per heavy atom. The Kier molecular flexibility index (Phi) is 9.40. The van der Waals surface area contributed by atoms with Crippen LogP contribution in [0.5, 0.6) is 0 Å². The van der Waals surface area contributed by atoms with Crippen molar-refractivity contribution >= 4 is 11.8 Å². The highest BCUT2D eigenvalue weighted by Gasteiger charge is 2.25. The van der Waals surface area contributed by atoms with Crippen LogP contribution in [0.3, 0.4) is 0 Å². The van der Waals surface area contributed by atoms with Crippen LogP contribution in [-0.4, -0.2) is 30.8 Å². The number of nitrogens with one attached hydrogen (secondary N) is 1. The van der Waals surface area contributed by atoms with E-state index in [4.69, 9.17) is 0 Å². The van der Waals surface area contributed by atoms with Crippen molar-refractivity contribution in [1.29, 1.82) is 0 Å². The molecule has 0 radical (unpaired) electrons. The molecular formula is C10H20F3NS. The number of unbranched alkanes of at least 4 members (excludes halogenated alkanes) is 1. The second-order valence-corrected chi connectivity index (χ2v) is 4.77. The molecule has 0 unspecified atom stereocenters. The Balaban J connectivity index is 2.99. The van der Waals surface area contributed by atoms with Gasteiger partial charge in [-0.05, 0) is 43.9 Å². The second-order valence-electron chi connectivity index (χ2n) is 3.37. The van der Waals surface area contributed by atoms with Crippen molar-refractivity contribution in [3.63, 3.8) is 0 Å². The van der Waals surface area contributed by atoms with Gasteiger partial charge in [0.25, 0.3) is 0 Å².